The molecule has 2 rings (SSSR count). The molecular formula is C14H14FNO4S. The highest BCUT2D eigenvalue weighted by Crippen LogP contribution is 2.16. The van der Waals surface area contributed by atoms with Crippen LogP contribution < -0.4 is 4.72 Å². The summed E-state index contributed by atoms with van der Waals surface area (Å²) >= 11 is 0. The van der Waals surface area contributed by atoms with Crippen LogP contribution in [0.15, 0.2) is 33.8 Å². The molecule has 0 aliphatic carbocycles. The Kier molecular flexibility index (Phi) is 4.24. The first kappa shape index (κ1) is 15.4. The van der Waals surface area contributed by atoms with Crippen LogP contribution in [0.25, 0.3) is 0 Å². The third kappa shape index (κ3) is 3.37. The number of rotatable bonds is 5. The highest BCUT2D eigenvalue weighted by atomic mass is 32.2. The lowest BCUT2D eigenvalue weighted by atomic mass is 10.1. The lowest BCUT2D eigenvalue weighted by Crippen LogP contribution is -2.23. The highest BCUT2D eigenvalue weighted by Gasteiger charge is 2.18. The third-order valence-corrected chi connectivity index (χ3v) is 4.22. The molecule has 2 aromatic rings. The molecule has 0 atom stereocenters. The SMILES string of the molecule is Cc1cc(CNS(=O)(=O)c2ccc(C=O)o2)cc(C)c1F. The van der Waals surface area contributed by atoms with Gasteiger partial charge >= 0.3 is 0 Å². The number of carbonyl (C=O) groups excluding carboxylic acids is 1. The molecule has 0 amide bonds. The van der Waals surface area contributed by atoms with Crippen LogP contribution in [0.3, 0.4) is 0 Å². The van der Waals surface area contributed by atoms with E-state index in [0.29, 0.717) is 23.0 Å². The van der Waals surface area contributed by atoms with Gasteiger partial charge in [-0.15, -0.1) is 0 Å². The van der Waals surface area contributed by atoms with Crippen LogP contribution in [0.1, 0.15) is 27.2 Å². The Labute approximate surface area is 121 Å². The van der Waals surface area contributed by atoms with Gasteiger partial charge in [-0.25, -0.2) is 17.5 Å². The summed E-state index contributed by atoms with van der Waals surface area (Å²) in [6, 6.07) is 5.62. The molecule has 0 aliphatic heterocycles. The molecule has 1 aromatic heterocycles. The van der Waals surface area contributed by atoms with E-state index in [2.05, 4.69) is 4.72 Å². The van der Waals surface area contributed by atoms with Crippen LogP contribution in [0.2, 0.25) is 0 Å². The van der Waals surface area contributed by atoms with E-state index < -0.39 is 10.0 Å². The fourth-order valence-corrected chi connectivity index (χ4v) is 2.88. The first-order valence-corrected chi connectivity index (χ1v) is 7.62. The Morgan fingerprint density at radius 1 is 1.24 bits per heavy atom. The summed E-state index contributed by atoms with van der Waals surface area (Å²) in [7, 11) is -3.85. The van der Waals surface area contributed by atoms with Crippen molar-refractivity contribution in [1.82, 2.24) is 4.72 Å². The first-order valence-electron chi connectivity index (χ1n) is 6.14. The van der Waals surface area contributed by atoms with Crippen molar-refractivity contribution in [1.29, 1.82) is 0 Å². The van der Waals surface area contributed by atoms with Gasteiger partial charge in [-0.1, -0.05) is 12.1 Å². The first-order chi connectivity index (χ1) is 9.83. The van der Waals surface area contributed by atoms with Crippen molar-refractivity contribution in [2.45, 2.75) is 25.5 Å². The maximum atomic E-state index is 13.5. The van der Waals surface area contributed by atoms with Crippen LogP contribution in [0.5, 0.6) is 0 Å². The zero-order chi connectivity index (χ0) is 15.6. The molecule has 21 heavy (non-hydrogen) atoms. The average molecular weight is 311 g/mol. The van der Waals surface area contributed by atoms with E-state index >= 15 is 0 Å². The van der Waals surface area contributed by atoms with E-state index in [1.807, 2.05) is 0 Å². The van der Waals surface area contributed by atoms with E-state index in [1.165, 1.54) is 12.1 Å². The maximum absolute atomic E-state index is 13.5. The number of nitrogens with one attached hydrogen (secondary N) is 1. The van der Waals surface area contributed by atoms with E-state index in [-0.39, 0.29) is 23.2 Å². The van der Waals surface area contributed by atoms with Crippen molar-refractivity contribution in [2.75, 3.05) is 0 Å². The monoisotopic (exact) mass is 311 g/mol. The molecule has 1 aromatic carbocycles. The average Bonchev–Trinajstić information content (AvgIpc) is 2.92. The predicted molar refractivity (Wildman–Crippen MR) is 74.0 cm³/mol. The second-order valence-electron chi connectivity index (χ2n) is 4.64. The Bertz CT molecular complexity index is 757. The van der Waals surface area contributed by atoms with Gasteiger partial charge in [-0.05, 0) is 42.7 Å². The van der Waals surface area contributed by atoms with Crippen LogP contribution in [0, 0.1) is 19.7 Å². The Balaban J connectivity index is 2.17. The minimum absolute atomic E-state index is 0.00140. The van der Waals surface area contributed by atoms with Crippen LogP contribution in [-0.2, 0) is 16.6 Å². The summed E-state index contributed by atoms with van der Waals surface area (Å²) in [5.74, 6) is -0.368. The molecule has 0 aliphatic rings. The zero-order valence-corrected chi connectivity index (χ0v) is 12.3. The fourth-order valence-electron chi connectivity index (χ4n) is 1.93. The molecule has 0 unspecified atom stereocenters. The molecule has 0 radical (unpaired) electrons. The van der Waals surface area contributed by atoms with Crippen molar-refractivity contribution >= 4 is 16.3 Å². The molecular weight excluding hydrogens is 297 g/mol. The Hall–Kier alpha value is -1.99. The number of benzene rings is 1. The lowest BCUT2D eigenvalue weighted by molar-refractivity contribution is 0.109. The van der Waals surface area contributed by atoms with Gasteiger partial charge < -0.3 is 4.42 Å². The smallest absolute Gasteiger partial charge is 0.274 e. The van der Waals surface area contributed by atoms with Crippen molar-refractivity contribution in [2.24, 2.45) is 0 Å². The van der Waals surface area contributed by atoms with E-state index in [1.54, 1.807) is 26.0 Å². The number of furan rings is 1. The summed E-state index contributed by atoms with van der Waals surface area (Å²) in [5.41, 5.74) is 1.54. The quantitative estimate of drug-likeness (QED) is 0.860. The summed E-state index contributed by atoms with van der Waals surface area (Å²) in [5, 5.41) is -0.333. The molecule has 7 heteroatoms. The van der Waals surface area contributed by atoms with Crippen molar-refractivity contribution < 1.29 is 22.0 Å². The van der Waals surface area contributed by atoms with Gasteiger partial charge in [0.05, 0.1) is 0 Å². The summed E-state index contributed by atoms with van der Waals surface area (Å²) in [6.45, 7) is 3.23. The summed E-state index contributed by atoms with van der Waals surface area (Å²) in [4.78, 5) is 10.5. The Morgan fingerprint density at radius 2 is 1.86 bits per heavy atom. The largest absolute Gasteiger partial charge is 0.440 e. The van der Waals surface area contributed by atoms with Gasteiger partial charge in [-0.2, -0.15) is 0 Å². The van der Waals surface area contributed by atoms with Gasteiger partial charge in [0, 0.05) is 6.54 Å². The maximum Gasteiger partial charge on any atom is 0.274 e. The molecule has 1 N–H and O–H groups in total. The minimum Gasteiger partial charge on any atom is -0.440 e. The third-order valence-electron chi connectivity index (χ3n) is 2.95. The summed E-state index contributed by atoms with van der Waals surface area (Å²) in [6.07, 6.45) is 0.422. The fraction of sp³-hybridized carbons (Fsp3) is 0.214. The van der Waals surface area contributed by atoms with Crippen LogP contribution >= 0.6 is 0 Å². The van der Waals surface area contributed by atoms with Gasteiger partial charge in [0.15, 0.2) is 12.0 Å². The number of halogens is 1. The molecule has 112 valence electrons. The minimum atomic E-state index is -3.85. The van der Waals surface area contributed by atoms with Gasteiger partial charge in [0.2, 0.25) is 5.09 Å². The number of aldehydes is 1. The van der Waals surface area contributed by atoms with Crippen molar-refractivity contribution in [3.63, 3.8) is 0 Å². The number of sulfonamides is 1. The number of aryl methyl sites for hydroxylation is 2. The van der Waals surface area contributed by atoms with Crippen molar-refractivity contribution in [3.8, 4) is 0 Å². The van der Waals surface area contributed by atoms with Gasteiger partial charge in [-0.3, -0.25) is 4.79 Å². The highest BCUT2D eigenvalue weighted by molar-refractivity contribution is 7.89. The number of hydrogen-bond acceptors (Lipinski definition) is 4. The number of hydrogen-bond donors (Lipinski definition) is 1. The van der Waals surface area contributed by atoms with Crippen LogP contribution in [0.4, 0.5) is 4.39 Å². The molecule has 0 bridgehead atoms. The van der Waals surface area contributed by atoms with E-state index in [9.17, 15) is 17.6 Å². The standard InChI is InChI=1S/C14H14FNO4S/c1-9-5-11(6-10(2)14(9)15)7-16-21(18,19)13-4-3-12(8-17)20-13/h3-6,8,16H,7H2,1-2H3. The normalized spacial score (nSPS) is 11.6. The van der Waals surface area contributed by atoms with Gasteiger partial charge in [0.25, 0.3) is 10.0 Å². The van der Waals surface area contributed by atoms with Gasteiger partial charge in [0.1, 0.15) is 5.82 Å². The van der Waals surface area contributed by atoms with Crippen LogP contribution in [-0.4, -0.2) is 14.7 Å². The summed E-state index contributed by atoms with van der Waals surface area (Å²) < 4.78 is 44.7. The topological polar surface area (TPSA) is 76.4 Å². The molecule has 5 nitrogen and oxygen atoms in total. The molecule has 0 spiro atoms. The molecule has 1 heterocycles. The molecule has 0 fully saturated rings. The van der Waals surface area contributed by atoms with E-state index in [0.717, 1.165) is 0 Å². The lowest BCUT2D eigenvalue weighted by Gasteiger charge is -2.08. The molecule has 0 saturated carbocycles. The Morgan fingerprint density at radius 3 is 2.38 bits per heavy atom. The number of carbonyl (C=O) groups is 1. The zero-order valence-electron chi connectivity index (χ0n) is 11.5. The molecule has 0 saturated heterocycles. The van der Waals surface area contributed by atoms with E-state index in [4.69, 9.17) is 4.42 Å². The van der Waals surface area contributed by atoms with Crippen molar-refractivity contribution in [3.05, 3.63) is 52.5 Å². The predicted octanol–water partition coefficient (Wildman–Crippen LogP) is 2.33. The second kappa shape index (κ2) is 5.79. The second-order valence-corrected chi connectivity index (χ2v) is 6.34.